The van der Waals surface area contributed by atoms with Crippen LogP contribution in [0.4, 0.5) is 0 Å². The normalized spacial score (nSPS) is 14.8. The number of nitrogens with zero attached hydrogens (tertiary/aromatic N) is 2. The number of hydrogen-bond acceptors (Lipinski definition) is 5. The van der Waals surface area contributed by atoms with Crippen LogP contribution >= 0.6 is 0 Å². The SMILES string of the molecule is CCOC(=O)c1cn(-c2ccc(C(C)C)cc2)c2ccc(CN3CCOCC3)cc2c1=O. The van der Waals surface area contributed by atoms with Crippen LogP contribution in [0.25, 0.3) is 16.6 Å². The Morgan fingerprint density at radius 1 is 1.09 bits per heavy atom. The molecule has 32 heavy (non-hydrogen) atoms. The molecule has 2 aromatic carbocycles. The third-order valence-corrected chi connectivity index (χ3v) is 5.91. The summed E-state index contributed by atoms with van der Waals surface area (Å²) in [6.45, 7) is 10.2. The van der Waals surface area contributed by atoms with Gasteiger partial charge in [0.1, 0.15) is 5.56 Å². The molecule has 0 bridgehead atoms. The molecule has 3 aromatic rings. The lowest BCUT2D eigenvalue weighted by atomic mass is 10.0. The smallest absolute Gasteiger partial charge is 0.343 e. The molecule has 1 aliphatic heterocycles. The van der Waals surface area contributed by atoms with Crippen molar-refractivity contribution in [2.75, 3.05) is 32.9 Å². The van der Waals surface area contributed by atoms with Crippen molar-refractivity contribution in [3.63, 3.8) is 0 Å². The zero-order valence-corrected chi connectivity index (χ0v) is 19.0. The summed E-state index contributed by atoms with van der Waals surface area (Å²) in [5.41, 5.74) is 3.70. The molecule has 0 amide bonds. The molecule has 1 saturated heterocycles. The zero-order chi connectivity index (χ0) is 22.7. The second-order valence-electron chi connectivity index (χ2n) is 8.45. The number of rotatable bonds is 6. The van der Waals surface area contributed by atoms with Gasteiger partial charge in [-0.25, -0.2) is 4.79 Å². The predicted octanol–water partition coefficient (Wildman–Crippen LogP) is 4.12. The van der Waals surface area contributed by atoms with E-state index in [-0.39, 0.29) is 17.6 Å². The number of carbonyl (C=O) groups is 1. The molecule has 0 spiro atoms. The monoisotopic (exact) mass is 434 g/mol. The first kappa shape index (κ1) is 22.2. The van der Waals surface area contributed by atoms with Crippen molar-refractivity contribution in [1.82, 2.24) is 9.47 Å². The summed E-state index contributed by atoms with van der Waals surface area (Å²) in [7, 11) is 0. The maximum absolute atomic E-state index is 13.3. The van der Waals surface area contributed by atoms with Gasteiger partial charge in [0.25, 0.3) is 0 Å². The van der Waals surface area contributed by atoms with Crippen molar-refractivity contribution in [1.29, 1.82) is 0 Å². The Morgan fingerprint density at radius 2 is 1.81 bits per heavy atom. The van der Waals surface area contributed by atoms with Crippen molar-refractivity contribution in [3.8, 4) is 5.69 Å². The molecule has 0 atom stereocenters. The number of fused-ring (bicyclic) bond motifs is 1. The lowest BCUT2D eigenvalue weighted by molar-refractivity contribution is 0.0342. The highest BCUT2D eigenvalue weighted by molar-refractivity contribution is 5.94. The van der Waals surface area contributed by atoms with Crippen LogP contribution in [0.5, 0.6) is 0 Å². The number of ether oxygens (including phenoxy) is 2. The standard InChI is InChI=1S/C26H30N2O4/c1-4-32-26(30)23-17-28(21-8-6-20(7-9-21)18(2)3)24-10-5-19(15-22(24)25(23)29)16-27-11-13-31-14-12-27/h5-10,15,17-18H,4,11-14,16H2,1-3H3. The van der Waals surface area contributed by atoms with E-state index in [9.17, 15) is 9.59 Å². The quantitative estimate of drug-likeness (QED) is 0.546. The van der Waals surface area contributed by atoms with E-state index < -0.39 is 5.97 Å². The summed E-state index contributed by atoms with van der Waals surface area (Å²) in [6.07, 6.45) is 1.61. The molecule has 0 aliphatic carbocycles. The molecule has 6 nitrogen and oxygen atoms in total. The van der Waals surface area contributed by atoms with E-state index in [2.05, 4.69) is 36.9 Å². The van der Waals surface area contributed by atoms with Crippen LogP contribution in [-0.2, 0) is 16.0 Å². The molecule has 1 fully saturated rings. The first-order chi connectivity index (χ1) is 15.5. The van der Waals surface area contributed by atoms with Crippen LogP contribution in [0.2, 0.25) is 0 Å². The second kappa shape index (κ2) is 9.67. The maximum atomic E-state index is 13.3. The van der Waals surface area contributed by atoms with E-state index in [1.54, 1.807) is 13.1 Å². The van der Waals surface area contributed by atoms with Crippen molar-refractivity contribution in [2.24, 2.45) is 0 Å². The molecule has 2 heterocycles. The Morgan fingerprint density at radius 3 is 2.47 bits per heavy atom. The number of carbonyl (C=O) groups excluding carboxylic acids is 1. The van der Waals surface area contributed by atoms with Gasteiger partial charge in [0.15, 0.2) is 0 Å². The fourth-order valence-corrected chi connectivity index (χ4v) is 4.08. The van der Waals surface area contributed by atoms with Crippen molar-refractivity contribution >= 4 is 16.9 Å². The predicted molar refractivity (Wildman–Crippen MR) is 126 cm³/mol. The van der Waals surface area contributed by atoms with Gasteiger partial charge in [-0.1, -0.05) is 32.0 Å². The highest BCUT2D eigenvalue weighted by atomic mass is 16.5. The number of hydrogen-bond donors (Lipinski definition) is 0. The Hall–Kier alpha value is -2.96. The van der Waals surface area contributed by atoms with Gasteiger partial charge in [-0.3, -0.25) is 9.69 Å². The van der Waals surface area contributed by atoms with Crippen molar-refractivity contribution in [3.05, 3.63) is 75.6 Å². The van der Waals surface area contributed by atoms with E-state index >= 15 is 0 Å². The van der Waals surface area contributed by atoms with Crippen molar-refractivity contribution < 1.29 is 14.3 Å². The van der Waals surface area contributed by atoms with E-state index in [0.717, 1.165) is 49.6 Å². The largest absolute Gasteiger partial charge is 0.462 e. The first-order valence-electron chi connectivity index (χ1n) is 11.2. The molecule has 0 unspecified atom stereocenters. The lowest BCUT2D eigenvalue weighted by Gasteiger charge is -2.26. The number of aromatic nitrogens is 1. The van der Waals surface area contributed by atoms with Gasteiger partial charge >= 0.3 is 5.97 Å². The van der Waals surface area contributed by atoms with Crippen LogP contribution in [0.3, 0.4) is 0 Å². The van der Waals surface area contributed by atoms with Crippen molar-refractivity contribution in [2.45, 2.75) is 33.2 Å². The molecule has 168 valence electrons. The minimum absolute atomic E-state index is 0.0517. The van der Waals surface area contributed by atoms with Gasteiger partial charge in [0.05, 0.1) is 25.3 Å². The molecule has 6 heteroatoms. The average Bonchev–Trinajstić information content (AvgIpc) is 2.80. The fourth-order valence-electron chi connectivity index (χ4n) is 4.08. The molecule has 0 saturated carbocycles. The first-order valence-corrected chi connectivity index (χ1v) is 11.2. The number of esters is 1. The minimum atomic E-state index is -0.592. The number of benzene rings is 2. The van der Waals surface area contributed by atoms with E-state index in [1.165, 1.54) is 5.56 Å². The number of morpholine rings is 1. The van der Waals surface area contributed by atoms with Crippen LogP contribution in [-0.4, -0.2) is 48.3 Å². The Bertz CT molecular complexity index is 1160. The van der Waals surface area contributed by atoms with Gasteiger partial charge in [-0.05, 0) is 48.2 Å². The van der Waals surface area contributed by atoms with E-state index in [0.29, 0.717) is 11.3 Å². The molecular weight excluding hydrogens is 404 g/mol. The Labute approximate surface area is 188 Å². The summed E-state index contributed by atoms with van der Waals surface area (Å²) in [5, 5.41) is 0.522. The number of pyridine rings is 1. The van der Waals surface area contributed by atoms with Crippen LogP contribution in [0.1, 0.15) is 48.2 Å². The molecule has 4 rings (SSSR count). The van der Waals surface area contributed by atoms with Gasteiger partial charge < -0.3 is 14.0 Å². The summed E-state index contributed by atoms with van der Waals surface area (Å²) >= 11 is 0. The summed E-state index contributed by atoms with van der Waals surface area (Å²) < 4.78 is 12.5. The average molecular weight is 435 g/mol. The third kappa shape index (κ3) is 4.61. The van der Waals surface area contributed by atoms with Crippen LogP contribution < -0.4 is 5.43 Å². The molecule has 0 N–H and O–H groups in total. The summed E-state index contributed by atoms with van der Waals surface area (Å²) in [4.78, 5) is 28.2. The molecule has 1 aromatic heterocycles. The van der Waals surface area contributed by atoms with Gasteiger partial charge in [0.2, 0.25) is 5.43 Å². The van der Waals surface area contributed by atoms with Gasteiger partial charge in [-0.2, -0.15) is 0 Å². The lowest BCUT2D eigenvalue weighted by Crippen LogP contribution is -2.35. The Kier molecular flexibility index (Phi) is 6.72. The molecular formula is C26H30N2O4. The fraction of sp³-hybridized carbons (Fsp3) is 0.385. The molecule has 0 radical (unpaired) electrons. The highest BCUT2D eigenvalue weighted by Gasteiger charge is 2.18. The molecule has 1 aliphatic rings. The van der Waals surface area contributed by atoms with Crippen LogP contribution in [0, 0.1) is 0 Å². The Balaban J connectivity index is 1.83. The topological polar surface area (TPSA) is 60.8 Å². The van der Waals surface area contributed by atoms with E-state index in [1.807, 2.05) is 28.8 Å². The summed E-state index contributed by atoms with van der Waals surface area (Å²) in [5.74, 6) is -0.168. The third-order valence-electron chi connectivity index (χ3n) is 5.91. The highest BCUT2D eigenvalue weighted by Crippen LogP contribution is 2.23. The zero-order valence-electron chi connectivity index (χ0n) is 19.0. The van der Waals surface area contributed by atoms with Crippen LogP contribution in [0.15, 0.2) is 53.5 Å². The van der Waals surface area contributed by atoms with Gasteiger partial charge in [0, 0.05) is 36.9 Å². The van der Waals surface area contributed by atoms with E-state index in [4.69, 9.17) is 9.47 Å². The minimum Gasteiger partial charge on any atom is -0.462 e. The maximum Gasteiger partial charge on any atom is 0.343 e. The summed E-state index contributed by atoms with van der Waals surface area (Å²) in [6, 6.07) is 14.2. The second-order valence-corrected chi connectivity index (χ2v) is 8.45. The van der Waals surface area contributed by atoms with Gasteiger partial charge in [-0.15, -0.1) is 0 Å².